The van der Waals surface area contributed by atoms with Gasteiger partial charge in [0.15, 0.2) is 0 Å². The second kappa shape index (κ2) is 4.13. The third-order valence-corrected chi connectivity index (χ3v) is 2.17. The molecule has 0 fully saturated rings. The number of ether oxygens (including phenoxy) is 1. The van der Waals surface area contributed by atoms with E-state index in [4.69, 9.17) is 10.5 Å². The van der Waals surface area contributed by atoms with Gasteiger partial charge < -0.3 is 10.5 Å². The predicted molar refractivity (Wildman–Crippen MR) is 56.5 cm³/mol. The molecule has 1 aliphatic rings. The van der Waals surface area contributed by atoms with Gasteiger partial charge in [-0.25, -0.2) is 4.99 Å². The molecule has 0 aromatic heterocycles. The normalized spacial score (nSPS) is 19.5. The van der Waals surface area contributed by atoms with Crippen molar-refractivity contribution in [1.82, 2.24) is 0 Å². The molecule has 78 valence electrons. The highest BCUT2D eigenvalue weighted by atomic mass is 16.5. The fourth-order valence-corrected chi connectivity index (χ4v) is 1.49. The number of carbonyl (C=O) groups excluding carboxylic acids is 1. The Kier molecular flexibility index (Phi) is 2.67. The van der Waals surface area contributed by atoms with Crippen LogP contribution in [-0.2, 0) is 9.53 Å². The predicted octanol–water partition coefficient (Wildman–Crippen LogP) is 0.707. The number of benzene rings is 1. The molecule has 1 aromatic carbocycles. The Morgan fingerprint density at radius 2 is 2.20 bits per heavy atom. The lowest BCUT2D eigenvalue weighted by Gasteiger charge is -2.08. The molecule has 0 radical (unpaired) electrons. The number of aliphatic imine (C=N–C) groups is 1. The standard InChI is InChI=1S/C11H12N2O2/c12-10(14)6-9-7-13-11(15-9)8-4-2-1-3-5-8/h1-5,9H,6-7H2,(H2,12,14). The number of hydrogen-bond donors (Lipinski definition) is 1. The topological polar surface area (TPSA) is 64.7 Å². The first-order valence-corrected chi connectivity index (χ1v) is 4.80. The maximum Gasteiger partial charge on any atom is 0.221 e. The van der Waals surface area contributed by atoms with Gasteiger partial charge in [-0.15, -0.1) is 0 Å². The van der Waals surface area contributed by atoms with Crippen LogP contribution in [0.3, 0.4) is 0 Å². The molecule has 1 aromatic rings. The van der Waals surface area contributed by atoms with E-state index >= 15 is 0 Å². The molecule has 2 N–H and O–H groups in total. The molecule has 1 heterocycles. The van der Waals surface area contributed by atoms with Crippen LogP contribution in [0.15, 0.2) is 35.3 Å². The Labute approximate surface area is 87.8 Å². The average Bonchev–Trinajstić information content (AvgIpc) is 2.67. The van der Waals surface area contributed by atoms with Gasteiger partial charge in [-0.1, -0.05) is 18.2 Å². The van der Waals surface area contributed by atoms with Crippen LogP contribution in [0.4, 0.5) is 0 Å². The molecular formula is C11H12N2O2. The molecule has 0 saturated carbocycles. The second-order valence-corrected chi connectivity index (χ2v) is 3.42. The number of amides is 1. The number of hydrogen-bond acceptors (Lipinski definition) is 3. The summed E-state index contributed by atoms with van der Waals surface area (Å²) in [5.74, 6) is 0.242. The molecule has 0 saturated heterocycles. The van der Waals surface area contributed by atoms with Gasteiger partial charge in [0, 0.05) is 5.56 Å². The molecule has 0 bridgehead atoms. The Balaban J connectivity index is 2.01. The third kappa shape index (κ3) is 2.34. The third-order valence-electron chi connectivity index (χ3n) is 2.17. The first kappa shape index (κ1) is 9.71. The minimum Gasteiger partial charge on any atom is -0.472 e. The quantitative estimate of drug-likeness (QED) is 0.787. The van der Waals surface area contributed by atoms with Gasteiger partial charge in [0.25, 0.3) is 0 Å². The van der Waals surface area contributed by atoms with Gasteiger partial charge in [0.05, 0.1) is 13.0 Å². The first-order valence-electron chi connectivity index (χ1n) is 4.80. The van der Waals surface area contributed by atoms with Crippen LogP contribution in [0.5, 0.6) is 0 Å². The minimum absolute atomic E-state index is 0.197. The smallest absolute Gasteiger partial charge is 0.221 e. The van der Waals surface area contributed by atoms with Crippen molar-refractivity contribution in [2.45, 2.75) is 12.5 Å². The zero-order valence-corrected chi connectivity index (χ0v) is 8.22. The number of nitrogens with zero attached hydrogens (tertiary/aromatic N) is 1. The maximum atomic E-state index is 10.7. The second-order valence-electron chi connectivity index (χ2n) is 3.42. The van der Waals surface area contributed by atoms with Gasteiger partial charge >= 0.3 is 0 Å². The summed E-state index contributed by atoms with van der Waals surface area (Å²) in [5.41, 5.74) is 6.02. The molecule has 1 unspecified atom stereocenters. The lowest BCUT2D eigenvalue weighted by atomic mass is 10.2. The SMILES string of the molecule is NC(=O)CC1CN=C(c2ccccc2)O1. The summed E-state index contributed by atoms with van der Waals surface area (Å²) in [6, 6.07) is 9.61. The van der Waals surface area contributed by atoms with Gasteiger partial charge in [0.1, 0.15) is 6.10 Å². The van der Waals surface area contributed by atoms with Crippen LogP contribution in [-0.4, -0.2) is 24.5 Å². The van der Waals surface area contributed by atoms with Crippen LogP contribution in [0.1, 0.15) is 12.0 Å². The number of rotatable bonds is 3. The van der Waals surface area contributed by atoms with Crippen molar-refractivity contribution in [3.8, 4) is 0 Å². The van der Waals surface area contributed by atoms with Crippen molar-refractivity contribution in [2.24, 2.45) is 10.7 Å². The summed E-state index contributed by atoms with van der Waals surface area (Å²) < 4.78 is 5.51. The lowest BCUT2D eigenvalue weighted by Crippen LogP contribution is -2.23. The van der Waals surface area contributed by atoms with Crippen molar-refractivity contribution in [3.63, 3.8) is 0 Å². The highest BCUT2D eigenvalue weighted by molar-refractivity contribution is 5.95. The summed E-state index contributed by atoms with van der Waals surface area (Å²) in [6.45, 7) is 0.507. The molecule has 0 spiro atoms. The monoisotopic (exact) mass is 204 g/mol. The van der Waals surface area contributed by atoms with Gasteiger partial charge in [-0.3, -0.25) is 4.79 Å². The van der Waals surface area contributed by atoms with Crippen LogP contribution in [0.25, 0.3) is 0 Å². The molecule has 4 nitrogen and oxygen atoms in total. The number of nitrogens with two attached hydrogens (primary N) is 1. The Morgan fingerprint density at radius 3 is 2.87 bits per heavy atom. The van der Waals surface area contributed by atoms with Crippen molar-refractivity contribution < 1.29 is 9.53 Å². The maximum absolute atomic E-state index is 10.7. The van der Waals surface area contributed by atoms with Gasteiger partial charge in [0.2, 0.25) is 11.8 Å². The van der Waals surface area contributed by atoms with Crippen LogP contribution < -0.4 is 5.73 Å². The fraction of sp³-hybridized carbons (Fsp3) is 0.273. The summed E-state index contributed by atoms with van der Waals surface area (Å²) in [5, 5.41) is 0. The van der Waals surface area contributed by atoms with E-state index in [1.54, 1.807) is 0 Å². The Morgan fingerprint density at radius 1 is 1.47 bits per heavy atom. The molecule has 1 atom stereocenters. The Hall–Kier alpha value is -1.84. The summed E-state index contributed by atoms with van der Waals surface area (Å²) in [4.78, 5) is 14.9. The highest BCUT2D eigenvalue weighted by Crippen LogP contribution is 2.13. The van der Waals surface area contributed by atoms with E-state index in [1.165, 1.54) is 0 Å². The highest BCUT2D eigenvalue weighted by Gasteiger charge is 2.22. The average molecular weight is 204 g/mol. The minimum atomic E-state index is -0.357. The number of primary amides is 1. The molecule has 4 heteroatoms. The van der Waals surface area contributed by atoms with Crippen molar-refractivity contribution in [2.75, 3.05) is 6.54 Å². The van der Waals surface area contributed by atoms with E-state index < -0.39 is 0 Å². The zero-order chi connectivity index (χ0) is 10.7. The molecule has 1 aliphatic heterocycles. The summed E-state index contributed by atoms with van der Waals surface area (Å²) in [6.07, 6.45) is 0.0255. The van der Waals surface area contributed by atoms with E-state index in [9.17, 15) is 4.79 Å². The van der Waals surface area contributed by atoms with Crippen LogP contribution in [0.2, 0.25) is 0 Å². The Bertz CT molecular complexity index is 387. The molecular weight excluding hydrogens is 192 g/mol. The van der Waals surface area contributed by atoms with Gasteiger partial charge in [-0.2, -0.15) is 0 Å². The van der Waals surface area contributed by atoms with Crippen LogP contribution in [0, 0.1) is 0 Å². The zero-order valence-electron chi connectivity index (χ0n) is 8.22. The van der Waals surface area contributed by atoms with Crippen LogP contribution >= 0.6 is 0 Å². The van der Waals surface area contributed by atoms with E-state index in [-0.39, 0.29) is 18.4 Å². The first-order chi connectivity index (χ1) is 7.25. The van der Waals surface area contributed by atoms with Crippen molar-refractivity contribution in [1.29, 1.82) is 0 Å². The van der Waals surface area contributed by atoms with E-state index in [0.717, 1.165) is 5.56 Å². The molecule has 0 aliphatic carbocycles. The molecule has 1 amide bonds. The van der Waals surface area contributed by atoms with E-state index in [0.29, 0.717) is 12.4 Å². The number of carbonyl (C=O) groups is 1. The lowest BCUT2D eigenvalue weighted by molar-refractivity contribution is -0.119. The van der Waals surface area contributed by atoms with Crippen molar-refractivity contribution >= 4 is 11.8 Å². The van der Waals surface area contributed by atoms with Gasteiger partial charge in [-0.05, 0) is 12.1 Å². The summed E-state index contributed by atoms with van der Waals surface area (Å²) in [7, 11) is 0. The molecule has 15 heavy (non-hydrogen) atoms. The van der Waals surface area contributed by atoms with E-state index in [2.05, 4.69) is 4.99 Å². The molecule has 2 rings (SSSR count). The van der Waals surface area contributed by atoms with E-state index in [1.807, 2.05) is 30.3 Å². The summed E-state index contributed by atoms with van der Waals surface area (Å²) >= 11 is 0. The fourth-order valence-electron chi connectivity index (χ4n) is 1.49. The van der Waals surface area contributed by atoms with Crippen molar-refractivity contribution in [3.05, 3.63) is 35.9 Å². The largest absolute Gasteiger partial charge is 0.472 e.